The SMILES string of the molecule is CC(O)CN(C(=O)CCCc1ccccc1Br)C(C)C. The van der Waals surface area contributed by atoms with Crippen molar-refractivity contribution in [3.8, 4) is 0 Å². The molecule has 0 radical (unpaired) electrons. The van der Waals surface area contributed by atoms with Crippen LogP contribution < -0.4 is 0 Å². The molecule has 0 aliphatic rings. The second kappa shape index (κ2) is 8.42. The van der Waals surface area contributed by atoms with Gasteiger partial charge in [-0.1, -0.05) is 34.1 Å². The van der Waals surface area contributed by atoms with E-state index in [0.717, 1.165) is 17.3 Å². The van der Waals surface area contributed by atoms with Crippen molar-refractivity contribution < 1.29 is 9.90 Å². The molecule has 20 heavy (non-hydrogen) atoms. The quantitative estimate of drug-likeness (QED) is 0.825. The van der Waals surface area contributed by atoms with Gasteiger partial charge in [0.1, 0.15) is 0 Å². The summed E-state index contributed by atoms with van der Waals surface area (Å²) in [5, 5.41) is 9.46. The number of aliphatic hydroxyl groups is 1. The Hall–Kier alpha value is -0.870. The van der Waals surface area contributed by atoms with Gasteiger partial charge in [-0.25, -0.2) is 0 Å². The van der Waals surface area contributed by atoms with Gasteiger partial charge >= 0.3 is 0 Å². The van der Waals surface area contributed by atoms with Crippen LogP contribution in [0.1, 0.15) is 39.2 Å². The average molecular weight is 342 g/mol. The molecule has 1 aromatic rings. The lowest BCUT2D eigenvalue weighted by atomic mass is 10.1. The second-order valence-corrected chi connectivity index (χ2v) is 6.29. The first-order valence-corrected chi connectivity index (χ1v) is 7.92. The number of nitrogens with zero attached hydrogens (tertiary/aromatic N) is 1. The van der Waals surface area contributed by atoms with Gasteiger partial charge in [-0.2, -0.15) is 0 Å². The Kier molecular flexibility index (Phi) is 7.24. The molecule has 0 saturated carbocycles. The number of carbonyl (C=O) groups excluding carboxylic acids is 1. The van der Waals surface area contributed by atoms with Crippen LogP contribution in [0.5, 0.6) is 0 Å². The molecule has 0 aliphatic carbocycles. The van der Waals surface area contributed by atoms with Crippen LogP contribution in [0.3, 0.4) is 0 Å². The minimum Gasteiger partial charge on any atom is -0.392 e. The smallest absolute Gasteiger partial charge is 0.222 e. The molecule has 3 nitrogen and oxygen atoms in total. The van der Waals surface area contributed by atoms with Gasteiger partial charge in [0.2, 0.25) is 5.91 Å². The van der Waals surface area contributed by atoms with Crippen molar-refractivity contribution in [3.05, 3.63) is 34.3 Å². The van der Waals surface area contributed by atoms with E-state index < -0.39 is 6.10 Å². The highest BCUT2D eigenvalue weighted by Crippen LogP contribution is 2.18. The third-order valence-corrected chi connectivity index (χ3v) is 3.97. The van der Waals surface area contributed by atoms with E-state index in [1.807, 2.05) is 32.0 Å². The summed E-state index contributed by atoms with van der Waals surface area (Å²) in [5.41, 5.74) is 1.23. The summed E-state index contributed by atoms with van der Waals surface area (Å²) in [5.74, 6) is 0.118. The highest BCUT2D eigenvalue weighted by molar-refractivity contribution is 9.10. The summed E-state index contributed by atoms with van der Waals surface area (Å²) in [6.07, 6.45) is 1.74. The molecule has 1 amide bonds. The second-order valence-electron chi connectivity index (χ2n) is 5.43. The Labute approximate surface area is 130 Å². The van der Waals surface area contributed by atoms with Crippen molar-refractivity contribution in [2.24, 2.45) is 0 Å². The predicted octanol–water partition coefficient (Wildman–Crippen LogP) is 3.39. The molecule has 1 N–H and O–H groups in total. The molecule has 0 bridgehead atoms. The zero-order valence-corrected chi connectivity index (χ0v) is 14.1. The molecule has 4 heteroatoms. The molecule has 1 atom stereocenters. The van der Waals surface area contributed by atoms with E-state index in [-0.39, 0.29) is 11.9 Å². The van der Waals surface area contributed by atoms with E-state index in [1.165, 1.54) is 5.56 Å². The lowest BCUT2D eigenvalue weighted by Gasteiger charge is -2.28. The van der Waals surface area contributed by atoms with Crippen molar-refractivity contribution in [3.63, 3.8) is 0 Å². The number of aliphatic hydroxyl groups excluding tert-OH is 1. The first kappa shape index (κ1) is 17.2. The Bertz CT molecular complexity index is 432. The zero-order chi connectivity index (χ0) is 15.1. The van der Waals surface area contributed by atoms with E-state index in [2.05, 4.69) is 22.0 Å². The Morgan fingerprint density at radius 3 is 2.50 bits per heavy atom. The van der Waals surface area contributed by atoms with Gasteiger partial charge in [-0.15, -0.1) is 0 Å². The Balaban J connectivity index is 2.47. The molecule has 0 heterocycles. The van der Waals surface area contributed by atoms with Crippen molar-refractivity contribution >= 4 is 21.8 Å². The summed E-state index contributed by atoms with van der Waals surface area (Å²) >= 11 is 3.52. The summed E-state index contributed by atoms with van der Waals surface area (Å²) in [7, 11) is 0. The predicted molar refractivity (Wildman–Crippen MR) is 85.6 cm³/mol. The van der Waals surface area contributed by atoms with E-state index >= 15 is 0 Å². The molecule has 0 fully saturated rings. The van der Waals surface area contributed by atoms with Crippen LogP contribution in [0.15, 0.2) is 28.7 Å². The standard InChI is InChI=1S/C16H24BrNO2/c1-12(2)18(11-13(3)19)16(20)10-6-8-14-7-4-5-9-15(14)17/h4-5,7,9,12-13,19H,6,8,10-11H2,1-3H3. The van der Waals surface area contributed by atoms with Gasteiger partial charge in [0, 0.05) is 23.5 Å². The number of amides is 1. The van der Waals surface area contributed by atoms with E-state index in [0.29, 0.717) is 13.0 Å². The van der Waals surface area contributed by atoms with Crippen molar-refractivity contribution in [1.29, 1.82) is 0 Å². The van der Waals surface area contributed by atoms with Gasteiger partial charge in [0.05, 0.1) is 6.10 Å². The van der Waals surface area contributed by atoms with Crippen LogP contribution in [0.4, 0.5) is 0 Å². The molecule has 0 aliphatic heterocycles. The van der Waals surface area contributed by atoms with E-state index in [4.69, 9.17) is 0 Å². The van der Waals surface area contributed by atoms with Gasteiger partial charge in [0.25, 0.3) is 0 Å². The number of carbonyl (C=O) groups is 1. The molecule has 1 rings (SSSR count). The highest BCUT2D eigenvalue weighted by Gasteiger charge is 2.18. The van der Waals surface area contributed by atoms with Gasteiger partial charge in [0.15, 0.2) is 0 Å². The third kappa shape index (κ3) is 5.63. The number of aryl methyl sites for hydroxylation is 1. The molecule has 0 spiro atoms. The normalized spacial score (nSPS) is 12.5. The van der Waals surface area contributed by atoms with E-state index in [9.17, 15) is 9.90 Å². The first-order valence-electron chi connectivity index (χ1n) is 7.12. The van der Waals surface area contributed by atoms with Crippen LogP contribution in [-0.4, -0.2) is 34.6 Å². The molecule has 1 aromatic carbocycles. The number of hydrogen-bond donors (Lipinski definition) is 1. The molecular formula is C16H24BrNO2. The maximum Gasteiger partial charge on any atom is 0.222 e. The fourth-order valence-corrected chi connectivity index (χ4v) is 2.64. The molecule has 0 saturated heterocycles. The zero-order valence-electron chi connectivity index (χ0n) is 12.5. The van der Waals surface area contributed by atoms with Gasteiger partial charge in [-0.3, -0.25) is 4.79 Å². The highest BCUT2D eigenvalue weighted by atomic mass is 79.9. The minimum absolute atomic E-state index is 0.118. The van der Waals surface area contributed by atoms with Gasteiger partial charge < -0.3 is 10.0 Å². The van der Waals surface area contributed by atoms with Crippen molar-refractivity contribution in [2.45, 2.75) is 52.2 Å². The largest absolute Gasteiger partial charge is 0.392 e. The minimum atomic E-state index is -0.482. The Morgan fingerprint density at radius 2 is 1.95 bits per heavy atom. The van der Waals surface area contributed by atoms with Gasteiger partial charge in [-0.05, 0) is 45.2 Å². The maximum absolute atomic E-state index is 12.2. The van der Waals surface area contributed by atoms with Crippen LogP contribution >= 0.6 is 15.9 Å². The number of hydrogen-bond acceptors (Lipinski definition) is 2. The first-order chi connectivity index (χ1) is 9.41. The lowest BCUT2D eigenvalue weighted by molar-refractivity contribution is -0.134. The van der Waals surface area contributed by atoms with Crippen molar-refractivity contribution in [2.75, 3.05) is 6.54 Å². The molecule has 112 valence electrons. The number of benzene rings is 1. The van der Waals surface area contributed by atoms with Crippen LogP contribution in [0.2, 0.25) is 0 Å². The summed E-state index contributed by atoms with van der Waals surface area (Å²) < 4.78 is 1.09. The molecule has 0 aromatic heterocycles. The summed E-state index contributed by atoms with van der Waals surface area (Å²) in [6.45, 7) is 6.08. The van der Waals surface area contributed by atoms with Crippen molar-refractivity contribution in [1.82, 2.24) is 4.90 Å². The number of rotatable bonds is 7. The third-order valence-electron chi connectivity index (χ3n) is 3.20. The topological polar surface area (TPSA) is 40.5 Å². The average Bonchev–Trinajstić information content (AvgIpc) is 2.37. The number of halogens is 1. The van der Waals surface area contributed by atoms with E-state index in [1.54, 1.807) is 11.8 Å². The molecular weight excluding hydrogens is 318 g/mol. The van der Waals surface area contributed by atoms with Crippen LogP contribution in [-0.2, 0) is 11.2 Å². The molecule has 1 unspecified atom stereocenters. The fourth-order valence-electron chi connectivity index (χ4n) is 2.16. The maximum atomic E-state index is 12.2. The summed E-state index contributed by atoms with van der Waals surface area (Å²) in [6, 6.07) is 8.22. The lowest BCUT2D eigenvalue weighted by Crippen LogP contribution is -2.41. The Morgan fingerprint density at radius 1 is 1.30 bits per heavy atom. The van der Waals surface area contributed by atoms with Crippen LogP contribution in [0.25, 0.3) is 0 Å². The fraction of sp³-hybridized carbons (Fsp3) is 0.562. The van der Waals surface area contributed by atoms with Crippen LogP contribution in [0, 0.1) is 0 Å². The monoisotopic (exact) mass is 341 g/mol. The summed E-state index contributed by atoms with van der Waals surface area (Å²) in [4.78, 5) is 14.0.